The fourth-order valence-electron chi connectivity index (χ4n) is 2.61. The largest absolute Gasteiger partial charge is 0.325 e. The molecular formula is C20H18FN3O3. The van der Waals surface area contributed by atoms with E-state index in [-0.39, 0.29) is 6.54 Å². The van der Waals surface area contributed by atoms with Gasteiger partial charge in [0, 0.05) is 23.8 Å². The summed E-state index contributed by atoms with van der Waals surface area (Å²) in [7, 11) is 0. The summed E-state index contributed by atoms with van der Waals surface area (Å²) in [5.41, 5.74) is 1.47. The molecule has 1 heterocycles. The van der Waals surface area contributed by atoms with E-state index >= 15 is 0 Å². The van der Waals surface area contributed by atoms with Gasteiger partial charge in [0.2, 0.25) is 5.91 Å². The van der Waals surface area contributed by atoms with Crippen molar-refractivity contribution in [3.8, 4) is 5.69 Å². The predicted molar refractivity (Wildman–Crippen MR) is 101 cm³/mol. The standard InChI is InChI=1S/C20H18FN3O3/c1-13-3-6-16(11-14(13)2)22-18(25)12-23-9-10-24(20(27)19(23)26)17-7-4-15(21)5-8-17/h3-11H,12H2,1-2H3,(H,22,25). The smallest absolute Gasteiger partial charge is 0.320 e. The molecule has 0 aliphatic rings. The Hall–Kier alpha value is -3.48. The second-order valence-electron chi connectivity index (χ2n) is 6.23. The summed E-state index contributed by atoms with van der Waals surface area (Å²) in [4.78, 5) is 36.8. The molecule has 0 fully saturated rings. The molecule has 1 N–H and O–H groups in total. The number of hydrogen-bond acceptors (Lipinski definition) is 3. The molecule has 0 unspecified atom stereocenters. The molecule has 138 valence electrons. The monoisotopic (exact) mass is 367 g/mol. The van der Waals surface area contributed by atoms with E-state index in [2.05, 4.69) is 5.32 Å². The van der Waals surface area contributed by atoms with Crippen LogP contribution in [0.25, 0.3) is 5.69 Å². The van der Waals surface area contributed by atoms with Gasteiger partial charge in [-0.3, -0.25) is 23.5 Å². The zero-order valence-electron chi connectivity index (χ0n) is 14.9. The van der Waals surface area contributed by atoms with E-state index in [9.17, 15) is 18.8 Å². The molecule has 7 heteroatoms. The second kappa shape index (κ2) is 7.41. The van der Waals surface area contributed by atoms with Crippen molar-refractivity contribution in [1.82, 2.24) is 9.13 Å². The molecule has 0 spiro atoms. The quantitative estimate of drug-likeness (QED) is 0.720. The summed E-state index contributed by atoms with van der Waals surface area (Å²) < 4.78 is 15.2. The highest BCUT2D eigenvalue weighted by Crippen LogP contribution is 2.14. The molecule has 0 radical (unpaired) electrons. The van der Waals surface area contributed by atoms with Crippen LogP contribution >= 0.6 is 0 Å². The van der Waals surface area contributed by atoms with Crippen molar-refractivity contribution in [3.05, 3.63) is 92.5 Å². The van der Waals surface area contributed by atoms with Crippen molar-refractivity contribution in [3.63, 3.8) is 0 Å². The van der Waals surface area contributed by atoms with E-state index in [1.807, 2.05) is 26.0 Å². The Bertz CT molecular complexity index is 1110. The van der Waals surface area contributed by atoms with Gasteiger partial charge in [-0.2, -0.15) is 0 Å². The highest BCUT2D eigenvalue weighted by Gasteiger charge is 2.10. The topological polar surface area (TPSA) is 73.1 Å². The molecule has 3 rings (SSSR count). The fraction of sp³-hybridized carbons (Fsp3) is 0.150. The number of carbonyl (C=O) groups excluding carboxylic acids is 1. The lowest BCUT2D eigenvalue weighted by Crippen LogP contribution is -2.41. The summed E-state index contributed by atoms with van der Waals surface area (Å²) >= 11 is 0. The van der Waals surface area contributed by atoms with Crippen molar-refractivity contribution >= 4 is 11.6 Å². The average molecular weight is 367 g/mol. The number of aromatic nitrogens is 2. The second-order valence-corrected chi connectivity index (χ2v) is 6.23. The molecular weight excluding hydrogens is 349 g/mol. The van der Waals surface area contributed by atoms with Crippen molar-refractivity contribution in [2.24, 2.45) is 0 Å². The van der Waals surface area contributed by atoms with Crippen LogP contribution < -0.4 is 16.4 Å². The molecule has 0 atom stereocenters. The first-order chi connectivity index (χ1) is 12.8. The molecule has 1 aromatic heterocycles. The predicted octanol–water partition coefficient (Wildman–Crippen LogP) is 2.39. The van der Waals surface area contributed by atoms with Crippen LogP contribution in [0.15, 0.2) is 64.4 Å². The lowest BCUT2D eigenvalue weighted by atomic mass is 10.1. The number of carbonyl (C=O) groups is 1. The first kappa shape index (κ1) is 18.3. The molecule has 2 aromatic carbocycles. The number of rotatable bonds is 4. The average Bonchev–Trinajstić information content (AvgIpc) is 2.63. The summed E-state index contributed by atoms with van der Waals surface area (Å²) in [6.45, 7) is 3.62. The Morgan fingerprint density at radius 3 is 2.33 bits per heavy atom. The van der Waals surface area contributed by atoms with E-state index in [4.69, 9.17) is 0 Å². The number of hydrogen-bond donors (Lipinski definition) is 1. The van der Waals surface area contributed by atoms with Crippen LogP contribution in [0.3, 0.4) is 0 Å². The van der Waals surface area contributed by atoms with E-state index in [0.717, 1.165) is 20.3 Å². The Morgan fingerprint density at radius 2 is 1.67 bits per heavy atom. The van der Waals surface area contributed by atoms with E-state index in [0.29, 0.717) is 11.4 Å². The number of nitrogens with one attached hydrogen (secondary N) is 1. The molecule has 3 aromatic rings. The number of nitrogens with zero attached hydrogens (tertiary/aromatic N) is 2. The molecule has 27 heavy (non-hydrogen) atoms. The van der Waals surface area contributed by atoms with Crippen molar-refractivity contribution in [1.29, 1.82) is 0 Å². The summed E-state index contributed by atoms with van der Waals surface area (Å²) in [5, 5.41) is 2.71. The van der Waals surface area contributed by atoms with Crippen LogP contribution in [0.2, 0.25) is 0 Å². The number of anilines is 1. The molecule has 0 bridgehead atoms. The van der Waals surface area contributed by atoms with Gasteiger partial charge in [-0.1, -0.05) is 6.07 Å². The van der Waals surface area contributed by atoms with Gasteiger partial charge < -0.3 is 5.32 Å². The Morgan fingerprint density at radius 1 is 0.963 bits per heavy atom. The van der Waals surface area contributed by atoms with Crippen molar-refractivity contribution < 1.29 is 9.18 Å². The van der Waals surface area contributed by atoms with Gasteiger partial charge in [-0.15, -0.1) is 0 Å². The van der Waals surface area contributed by atoms with E-state index in [1.165, 1.54) is 36.7 Å². The highest BCUT2D eigenvalue weighted by atomic mass is 19.1. The van der Waals surface area contributed by atoms with E-state index < -0.39 is 22.8 Å². The van der Waals surface area contributed by atoms with Crippen molar-refractivity contribution in [2.45, 2.75) is 20.4 Å². The van der Waals surface area contributed by atoms with Gasteiger partial charge in [0.25, 0.3) is 0 Å². The Labute approximate surface area is 154 Å². The summed E-state index contributed by atoms with van der Waals surface area (Å²) in [6, 6.07) is 10.7. The minimum absolute atomic E-state index is 0.286. The third-order valence-corrected chi connectivity index (χ3v) is 4.27. The van der Waals surface area contributed by atoms with Crippen LogP contribution in [-0.2, 0) is 11.3 Å². The van der Waals surface area contributed by atoms with Crippen LogP contribution in [0.4, 0.5) is 10.1 Å². The molecule has 0 saturated heterocycles. The maximum atomic E-state index is 13.0. The van der Waals surface area contributed by atoms with Crippen LogP contribution in [-0.4, -0.2) is 15.0 Å². The van der Waals surface area contributed by atoms with Gasteiger partial charge in [0.15, 0.2) is 0 Å². The molecule has 6 nitrogen and oxygen atoms in total. The Kier molecular flexibility index (Phi) is 5.03. The van der Waals surface area contributed by atoms with Gasteiger partial charge in [0.05, 0.1) is 0 Å². The molecule has 0 aliphatic carbocycles. The lowest BCUT2D eigenvalue weighted by molar-refractivity contribution is -0.116. The number of benzene rings is 2. The molecule has 0 saturated carbocycles. The highest BCUT2D eigenvalue weighted by molar-refractivity contribution is 5.90. The first-order valence-electron chi connectivity index (χ1n) is 8.30. The molecule has 0 aliphatic heterocycles. The normalized spacial score (nSPS) is 10.6. The van der Waals surface area contributed by atoms with Gasteiger partial charge in [-0.25, -0.2) is 4.39 Å². The van der Waals surface area contributed by atoms with E-state index in [1.54, 1.807) is 6.07 Å². The fourth-order valence-corrected chi connectivity index (χ4v) is 2.61. The number of amides is 1. The van der Waals surface area contributed by atoms with Crippen LogP contribution in [0.1, 0.15) is 11.1 Å². The zero-order valence-corrected chi connectivity index (χ0v) is 14.9. The SMILES string of the molecule is Cc1ccc(NC(=O)Cn2ccn(-c3ccc(F)cc3)c(=O)c2=O)cc1C. The molecule has 1 amide bonds. The zero-order chi connectivity index (χ0) is 19.6. The lowest BCUT2D eigenvalue weighted by Gasteiger charge is -2.10. The number of halogens is 1. The first-order valence-corrected chi connectivity index (χ1v) is 8.30. The minimum Gasteiger partial charge on any atom is -0.325 e. The van der Waals surface area contributed by atoms with Crippen LogP contribution in [0.5, 0.6) is 0 Å². The number of aryl methyl sites for hydroxylation is 2. The van der Waals surface area contributed by atoms with Gasteiger partial charge in [0.1, 0.15) is 12.4 Å². The maximum Gasteiger partial charge on any atom is 0.320 e. The summed E-state index contributed by atoms with van der Waals surface area (Å²) in [5.74, 6) is -0.859. The third-order valence-electron chi connectivity index (χ3n) is 4.27. The van der Waals surface area contributed by atoms with Crippen molar-refractivity contribution in [2.75, 3.05) is 5.32 Å². The third kappa shape index (κ3) is 4.03. The Balaban J connectivity index is 1.81. The minimum atomic E-state index is -0.836. The summed E-state index contributed by atoms with van der Waals surface area (Å²) in [6.07, 6.45) is 2.73. The van der Waals surface area contributed by atoms with Crippen LogP contribution in [0, 0.1) is 19.7 Å². The van der Waals surface area contributed by atoms with Gasteiger partial charge >= 0.3 is 11.1 Å². The maximum absolute atomic E-state index is 13.0. The van der Waals surface area contributed by atoms with Gasteiger partial charge in [-0.05, 0) is 61.4 Å².